The summed E-state index contributed by atoms with van der Waals surface area (Å²) >= 11 is 6.00. The minimum atomic E-state index is -3.65. The Morgan fingerprint density at radius 2 is 1.90 bits per heavy atom. The number of nitrogens with zero attached hydrogens (tertiary/aromatic N) is 1. The normalized spacial score (nSPS) is 36.3. The van der Waals surface area contributed by atoms with Gasteiger partial charge in [-0.1, -0.05) is 11.6 Å². The van der Waals surface area contributed by atoms with Gasteiger partial charge in [-0.3, -0.25) is 0 Å². The molecule has 3 aliphatic carbocycles. The van der Waals surface area contributed by atoms with Crippen molar-refractivity contribution in [3.8, 4) is 6.07 Å². The van der Waals surface area contributed by atoms with E-state index in [1.165, 1.54) is 37.5 Å². The average molecular weight is 323 g/mol. The highest BCUT2D eigenvalue weighted by atomic mass is 35.5. The first kappa shape index (κ1) is 13.6. The molecule has 1 N–H and O–H groups in total. The van der Waals surface area contributed by atoms with Crippen LogP contribution in [0.25, 0.3) is 0 Å². The fraction of sp³-hybridized carbons (Fsp3) is 0.533. The average Bonchev–Trinajstić information content (AvgIpc) is 2.85. The van der Waals surface area contributed by atoms with Crippen molar-refractivity contribution < 1.29 is 8.42 Å². The number of nitrogens with one attached hydrogen (secondary N) is 1. The van der Waals surface area contributed by atoms with Crippen LogP contribution in [0.1, 0.15) is 24.8 Å². The Labute approximate surface area is 129 Å². The van der Waals surface area contributed by atoms with E-state index in [4.69, 9.17) is 16.9 Å². The molecule has 1 aromatic rings. The minimum Gasteiger partial charge on any atom is -0.207 e. The second-order valence-electron chi connectivity index (χ2n) is 6.39. The molecule has 3 fully saturated rings. The molecule has 0 aromatic heterocycles. The van der Waals surface area contributed by atoms with Crippen molar-refractivity contribution in [3.05, 3.63) is 28.8 Å². The van der Waals surface area contributed by atoms with E-state index < -0.39 is 10.0 Å². The van der Waals surface area contributed by atoms with Gasteiger partial charge in [0.25, 0.3) is 0 Å². The van der Waals surface area contributed by atoms with E-state index in [-0.39, 0.29) is 16.0 Å². The molecule has 4 atom stereocenters. The molecule has 21 heavy (non-hydrogen) atoms. The Bertz CT molecular complexity index is 739. The molecule has 0 aliphatic heterocycles. The number of nitriles is 1. The van der Waals surface area contributed by atoms with Crippen LogP contribution in [-0.2, 0) is 10.0 Å². The summed E-state index contributed by atoms with van der Waals surface area (Å²) in [7, 11) is -3.65. The maximum atomic E-state index is 12.5. The first-order valence-electron chi connectivity index (χ1n) is 7.23. The van der Waals surface area contributed by atoms with Crippen LogP contribution in [-0.4, -0.2) is 14.5 Å². The molecule has 0 saturated heterocycles. The molecule has 2 bridgehead atoms. The predicted molar refractivity (Wildman–Crippen MR) is 78.1 cm³/mol. The van der Waals surface area contributed by atoms with Gasteiger partial charge in [0.05, 0.1) is 16.7 Å². The lowest BCUT2D eigenvalue weighted by atomic mass is 10.0. The molecule has 3 aliphatic rings. The van der Waals surface area contributed by atoms with E-state index in [0.717, 1.165) is 0 Å². The number of halogens is 1. The Balaban J connectivity index is 1.59. The van der Waals surface area contributed by atoms with Gasteiger partial charge in [-0.05, 0) is 61.1 Å². The molecule has 3 saturated carbocycles. The van der Waals surface area contributed by atoms with E-state index in [2.05, 4.69) is 4.72 Å². The monoisotopic (exact) mass is 322 g/mol. The number of benzene rings is 1. The Morgan fingerprint density at radius 3 is 2.52 bits per heavy atom. The van der Waals surface area contributed by atoms with Crippen LogP contribution in [0.15, 0.2) is 23.1 Å². The summed E-state index contributed by atoms with van der Waals surface area (Å²) < 4.78 is 27.9. The van der Waals surface area contributed by atoms with Crippen LogP contribution in [0.5, 0.6) is 0 Å². The Hall–Kier alpha value is -1.09. The summed E-state index contributed by atoms with van der Waals surface area (Å²) in [5.41, 5.74) is 0.302. The van der Waals surface area contributed by atoms with Crippen LogP contribution in [0, 0.1) is 35.0 Å². The molecular formula is C15H15ClN2O2S. The number of hydrogen-bond donors (Lipinski definition) is 1. The van der Waals surface area contributed by atoms with Crippen molar-refractivity contribution in [3.63, 3.8) is 0 Å². The maximum Gasteiger partial charge on any atom is 0.242 e. The van der Waals surface area contributed by atoms with E-state index in [1.807, 2.05) is 6.07 Å². The molecule has 4 nitrogen and oxygen atoms in total. The maximum absolute atomic E-state index is 12.5. The summed E-state index contributed by atoms with van der Waals surface area (Å²) in [6, 6.07) is 6.35. The first-order valence-corrected chi connectivity index (χ1v) is 9.09. The lowest BCUT2D eigenvalue weighted by molar-refractivity contribution is 0.456. The van der Waals surface area contributed by atoms with Crippen molar-refractivity contribution in [2.75, 3.05) is 0 Å². The van der Waals surface area contributed by atoms with E-state index in [1.54, 1.807) is 0 Å². The minimum absolute atomic E-state index is 0.0144. The van der Waals surface area contributed by atoms with Crippen molar-refractivity contribution in [2.24, 2.45) is 23.7 Å². The van der Waals surface area contributed by atoms with Crippen LogP contribution in [0.4, 0.5) is 0 Å². The smallest absolute Gasteiger partial charge is 0.207 e. The molecular weight excluding hydrogens is 308 g/mol. The number of hydrogen-bond acceptors (Lipinski definition) is 3. The molecule has 4 rings (SSSR count). The van der Waals surface area contributed by atoms with Gasteiger partial charge in [-0.25, -0.2) is 13.1 Å². The zero-order valence-corrected chi connectivity index (χ0v) is 12.9. The highest BCUT2D eigenvalue weighted by Gasteiger charge is 2.65. The number of sulfonamides is 1. The lowest BCUT2D eigenvalue weighted by Gasteiger charge is -2.12. The van der Waals surface area contributed by atoms with Crippen LogP contribution in [0.3, 0.4) is 0 Å². The first-order chi connectivity index (χ1) is 10.0. The molecule has 1 aromatic carbocycles. The van der Waals surface area contributed by atoms with Crippen molar-refractivity contribution in [2.45, 2.75) is 30.2 Å². The van der Waals surface area contributed by atoms with Gasteiger partial charge in [0, 0.05) is 6.04 Å². The zero-order chi connectivity index (χ0) is 14.8. The van der Waals surface area contributed by atoms with Crippen molar-refractivity contribution in [1.29, 1.82) is 5.26 Å². The van der Waals surface area contributed by atoms with Crippen LogP contribution < -0.4 is 4.72 Å². The van der Waals surface area contributed by atoms with Gasteiger partial charge in [0.2, 0.25) is 10.0 Å². The van der Waals surface area contributed by atoms with Gasteiger partial charge in [0.15, 0.2) is 0 Å². The van der Waals surface area contributed by atoms with Crippen molar-refractivity contribution in [1.82, 2.24) is 4.72 Å². The fourth-order valence-electron chi connectivity index (χ4n) is 4.50. The highest BCUT2D eigenvalue weighted by Crippen LogP contribution is 2.65. The van der Waals surface area contributed by atoms with E-state index in [0.29, 0.717) is 29.2 Å². The third-order valence-corrected chi connectivity index (χ3v) is 7.32. The fourth-order valence-corrected chi connectivity index (χ4v) is 6.33. The van der Waals surface area contributed by atoms with Gasteiger partial charge in [0.1, 0.15) is 4.90 Å². The Morgan fingerprint density at radius 1 is 1.24 bits per heavy atom. The van der Waals surface area contributed by atoms with Gasteiger partial charge in [-0.2, -0.15) is 5.26 Å². The summed E-state index contributed by atoms with van der Waals surface area (Å²) in [6.45, 7) is 0. The van der Waals surface area contributed by atoms with Gasteiger partial charge < -0.3 is 0 Å². The molecule has 4 unspecified atom stereocenters. The topological polar surface area (TPSA) is 70.0 Å². The summed E-state index contributed by atoms with van der Waals surface area (Å²) in [5, 5.41) is 9.08. The molecule has 0 radical (unpaired) electrons. The summed E-state index contributed by atoms with van der Waals surface area (Å²) in [4.78, 5) is 0.0144. The third kappa shape index (κ3) is 2.01. The quantitative estimate of drug-likeness (QED) is 0.929. The largest absolute Gasteiger partial charge is 0.242 e. The number of rotatable bonds is 3. The summed E-state index contributed by atoms with van der Waals surface area (Å²) in [5.74, 6) is 2.45. The van der Waals surface area contributed by atoms with E-state index >= 15 is 0 Å². The standard InChI is InChI=1S/C15H15ClN2O2S/c16-11-4-1-8(7-17)5-12(11)21(19,20)18-15-13-9-2-3-10(6-9)14(13)15/h1,4-5,9-10,13-15,18H,2-3,6H2. The summed E-state index contributed by atoms with van der Waals surface area (Å²) in [6.07, 6.45) is 3.77. The van der Waals surface area contributed by atoms with Crippen LogP contribution >= 0.6 is 11.6 Å². The molecule has 0 amide bonds. The SMILES string of the molecule is N#Cc1ccc(Cl)c(S(=O)(=O)NC2C3C4CCC(C4)C23)c1. The van der Waals surface area contributed by atoms with Gasteiger partial charge in [-0.15, -0.1) is 0 Å². The van der Waals surface area contributed by atoms with Crippen molar-refractivity contribution >= 4 is 21.6 Å². The highest BCUT2D eigenvalue weighted by molar-refractivity contribution is 7.89. The molecule has 0 spiro atoms. The number of fused-ring (bicyclic) bond motifs is 5. The van der Waals surface area contributed by atoms with E-state index in [9.17, 15) is 8.42 Å². The molecule has 6 heteroatoms. The molecule has 110 valence electrons. The third-order valence-electron chi connectivity index (χ3n) is 5.38. The second kappa shape index (κ2) is 4.45. The lowest BCUT2D eigenvalue weighted by Crippen LogP contribution is -2.30. The van der Waals surface area contributed by atoms with Crippen LogP contribution in [0.2, 0.25) is 5.02 Å². The zero-order valence-electron chi connectivity index (χ0n) is 11.3. The second-order valence-corrected chi connectivity index (χ2v) is 8.48. The van der Waals surface area contributed by atoms with Gasteiger partial charge >= 0.3 is 0 Å². The predicted octanol–water partition coefficient (Wildman–Crippen LogP) is 2.53. The Kier molecular flexibility index (Phi) is 2.88. The molecule has 0 heterocycles.